The molecule has 3 N–H and O–H groups in total. The van der Waals surface area contributed by atoms with E-state index in [0.29, 0.717) is 30.4 Å². The van der Waals surface area contributed by atoms with E-state index >= 15 is 0 Å². The van der Waals surface area contributed by atoms with Gasteiger partial charge in [0.15, 0.2) is 5.96 Å². The molecule has 0 fully saturated rings. The zero-order valence-electron chi connectivity index (χ0n) is 15.2. The van der Waals surface area contributed by atoms with Gasteiger partial charge in [-0.05, 0) is 42.8 Å². The highest BCUT2D eigenvalue weighted by molar-refractivity contribution is 5.79. The van der Waals surface area contributed by atoms with Gasteiger partial charge in [-0.1, -0.05) is 12.1 Å². The Balaban J connectivity index is 2.09. The second-order valence-corrected chi connectivity index (χ2v) is 5.57. The van der Waals surface area contributed by atoms with Crippen molar-refractivity contribution in [3.63, 3.8) is 0 Å². The van der Waals surface area contributed by atoms with Crippen LogP contribution in [0.1, 0.15) is 18.1 Å². The number of alkyl halides is 2. The number of phenols is 1. The highest BCUT2D eigenvalue weighted by Gasteiger charge is 2.11. The van der Waals surface area contributed by atoms with E-state index in [-0.39, 0.29) is 18.0 Å². The molecule has 0 aliphatic rings. The average molecular weight is 379 g/mol. The molecule has 0 saturated heterocycles. The van der Waals surface area contributed by atoms with Crippen molar-refractivity contribution in [2.24, 2.45) is 4.99 Å². The second-order valence-electron chi connectivity index (χ2n) is 5.57. The number of aromatic hydroxyl groups is 1. The molecule has 0 saturated carbocycles. The molecule has 0 amide bonds. The van der Waals surface area contributed by atoms with E-state index in [0.717, 1.165) is 5.56 Å². The van der Waals surface area contributed by atoms with Gasteiger partial charge in [-0.2, -0.15) is 8.78 Å². The minimum Gasteiger partial charge on any atom is -0.508 e. The van der Waals surface area contributed by atoms with Crippen molar-refractivity contribution in [2.45, 2.75) is 26.6 Å². The van der Waals surface area contributed by atoms with E-state index in [1.165, 1.54) is 13.2 Å². The number of rotatable bonds is 8. The Morgan fingerprint density at radius 1 is 1.15 bits per heavy atom. The topological polar surface area (TPSA) is 75.1 Å². The van der Waals surface area contributed by atoms with Crippen LogP contribution in [0.5, 0.6) is 17.2 Å². The molecule has 2 rings (SSSR count). The fourth-order valence-corrected chi connectivity index (χ4v) is 2.32. The van der Waals surface area contributed by atoms with Crippen LogP contribution in [0.25, 0.3) is 0 Å². The van der Waals surface area contributed by atoms with Gasteiger partial charge >= 0.3 is 6.61 Å². The molecule has 0 aliphatic carbocycles. The van der Waals surface area contributed by atoms with E-state index in [1.807, 2.05) is 6.92 Å². The first-order chi connectivity index (χ1) is 13.0. The maximum absolute atomic E-state index is 12.6. The summed E-state index contributed by atoms with van der Waals surface area (Å²) in [6.45, 7) is 0.275. The van der Waals surface area contributed by atoms with Gasteiger partial charge in [-0.25, -0.2) is 4.99 Å². The van der Waals surface area contributed by atoms with Crippen molar-refractivity contribution in [3.05, 3.63) is 53.6 Å². The van der Waals surface area contributed by atoms with Crippen LogP contribution in [0.2, 0.25) is 0 Å². The quantitative estimate of drug-likeness (QED) is 0.485. The normalized spacial score (nSPS) is 11.4. The van der Waals surface area contributed by atoms with Crippen molar-refractivity contribution >= 4 is 5.96 Å². The smallest absolute Gasteiger partial charge is 0.387 e. The molecule has 0 bridgehead atoms. The number of methoxy groups -OCH3 is 1. The van der Waals surface area contributed by atoms with Crippen LogP contribution >= 0.6 is 0 Å². The van der Waals surface area contributed by atoms with Gasteiger partial charge in [-0.15, -0.1) is 0 Å². The molecule has 0 radical (unpaired) electrons. The third kappa shape index (κ3) is 6.65. The summed E-state index contributed by atoms with van der Waals surface area (Å²) in [5, 5.41) is 15.5. The maximum atomic E-state index is 12.6. The molecule has 8 heteroatoms. The van der Waals surface area contributed by atoms with Crippen molar-refractivity contribution < 1.29 is 23.4 Å². The van der Waals surface area contributed by atoms with Gasteiger partial charge in [-0.3, -0.25) is 0 Å². The molecule has 0 aliphatic heterocycles. The minimum atomic E-state index is -2.91. The van der Waals surface area contributed by atoms with Gasteiger partial charge < -0.3 is 25.2 Å². The fourth-order valence-electron chi connectivity index (χ4n) is 2.32. The Kier molecular flexibility index (Phi) is 7.66. The Labute approximate surface area is 156 Å². The van der Waals surface area contributed by atoms with Crippen LogP contribution in [-0.2, 0) is 13.1 Å². The van der Waals surface area contributed by atoms with Gasteiger partial charge in [0, 0.05) is 18.7 Å². The molecule has 146 valence electrons. The van der Waals surface area contributed by atoms with Crippen LogP contribution in [0.15, 0.2) is 47.5 Å². The van der Waals surface area contributed by atoms with E-state index in [4.69, 9.17) is 4.74 Å². The largest absolute Gasteiger partial charge is 0.508 e. The van der Waals surface area contributed by atoms with Crippen molar-refractivity contribution in [3.8, 4) is 17.2 Å². The average Bonchev–Trinajstić information content (AvgIpc) is 2.65. The molecule has 2 aromatic rings. The highest BCUT2D eigenvalue weighted by atomic mass is 19.3. The van der Waals surface area contributed by atoms with Crippen LogP contribution in [0.3, 0.4) is 0 Å². The summed E-state index contributed by atoms with van der Waals surface area (Å²) in [6, 6.07) is 11.4. The second kappa shape index (κ2) is 10.2. The number of nitrogens with one attached hydrogen (secondary N) is 2. The summed E-state index contributed by atoms with van der Waals surface area (Å²) < 4.78 is 34.9. The SMILES string of the molecule is CCNC(=NCc1ccc(O)cc1)NCc1cc(OC)ccc1OC(F)F. The monoisotopic (exact) mass is 379 g/mol. The lowest BCUT2D eigenvalue weighted by atomic mass is 10.2. The molecule has 27 heavy (non-hydrogen) atoms. The van der Waals surface area contributed by atoms with Gasteiger partial charge in [0.2, 0.25) is 0 Å². The summed E-state index contributed by atoms with van der Waals surface area (Å²) in [4.78, 5) is 4.45. The van der Waals surface area contributed by atoms with Crippen LogP contribution in [0, 0.1) is 0 Å². The summed E-state index contributed by atoms with van der Waals surface area (Å²) in [6.07, 6.45) is 0. The molecule has 0 aromatic heterocycles. The number of halogens is 2. The summed E-state index contributed by atoms with van der Waals surface area (Å²) in [7, 11) is 1.50. The molecule has 0 atom stereocenters. The predicted molar refractivity (Wildman–Crippen MR) is 99.4 cm³/mol. The lowest BCUT2D eigenvalue weighted by Gasteiger charge is -2.15. The van der Waals surface area contributed by atoms with Crippen LogP contribution < -0.4 is 20.1 Å². The van der Waals surface area contributed by atoms with E-state index in [2.05, 4.69) is 20.4 Å². The molecule has 2 aromatic carbocycles. The summed E-state index contributed by atoms with van der Waals surface area (Å²) in [5.41, 5.74) is 1.44. The van der Waals surface area contributed by atoms with E-state index < -0.39 is 6.61 Å². The number of ether oxygens (including phenoxy) is 2. The first-order valence-electron chi connectivity index (χ1n) is 8.43. The van der Waals surface area contributed by atoms with Crippen LogP contribution in [0.4, 0.5) is 8.78 Å². The third-order valence-electron chi connectivity index (χ3n) is 3.63. The Hall–Kier alpha value is -3.03. The standard InChI is InChI=1S/C19H23F2N3O3/c1-3-22-19(23-11-13-4-6-15(25)7-5-13)24-12-14-10-16(26-2)8-9-17(14)27-18(20)21/h4-10,18,25H,3,11-12H2,1-2H3,(H2,22,23,24). The Bertz CT molecular complexity index is 752. The number of hydrogen-bond donors (Lipinski definition) is 3. The van der Waals surface area contributed by atoms with Crippen molar-refractivity contribution in [2.75, 3.05) is 13.7 Å². The lowest BCUT2D eigenvalue weighted by Crippen LogP contribution is -2.36. The molecule has 6 nitrogen and oxygen atoms in total. The third-order valence-corrected chi connectivity index (χ3v) is 3.63. The Morgan fingerprint density at radius 3 is 2.52 bits per heavy atom. The molecule has 0 unspecified atom stereocenters. The predicted octanol–water partition coefficient (Wildman–Crippen LogP) is 3.26. The van der Waals surface area contributed by atoms with Crippen molar-refractivity contribution in [1.29, 1.82) is 0 Å². The highest BCUT2D eigenvalue weighted by Crippen LogP contribution is 2.25. The number of guanidine groups is 1. The first kappa shape index (κ1) is 20.3. The first-order valence-corrected chi connectivity index (χ1v) is 8.43. The fraction of sp³-hybridized carbons (Fsp3) is 0.316. The number of aliphatic imine (C=N–C) groups is 1. The maximum Gasteiger partial charge on any atom is 0.387 e. The van der Waals surface area contributed by atoms with Gasteiger partial charge in [0.05, 0.1) is 13.7 Å². The number of hydrogen-bond acceptors (Lipinski definition) is 4. The Morgan fingerprint density at radius 2 is 1.89 bits per heavy atom. The van der Waals surface area contributed by atoms with E-state index in [9.17, 15) is 13.9 Å². The lowest BCUT2D eigenvalue weighted by molar-refractivity contribution is -0.0504. The minimum absolute atomic E-state index is 0.0766. The number of benzene rings is 2. The molecule has 0 heterocycles. The molecular formula is C19H23F2N3O3. The zero-order chi connectivity index (χ0) is 19.6. The number of nitrogens with zero attached hydrogens (tertiary/aromatic N) is 1. The van der Waals surface area contributed by atoms with Crippen molar-refractivity contribution in [1.82, 2.24) is 10.6 Å². The molecular weight excluding hydrogens is 356 g/mol. The van der Waals surface area contributed by atoms with Gasteiger partial charge in [0.1, 0.15) is 17.2 Å². The zero-order valence-corrected chi connectivity index (χ0v) is 15.2. The van der Waals surface area contributed by atoms with Gasteiger partial charge in [0.25, 0.3) is 0 Å². The van der Waals surface area contributed by atoms with E-state index in [1.54, 1.807) is 36.4 Å². The summed E-state index contributed by atoms with van der Waals surface area (Å²) >= 11 is 0. The number of phenolic OH excluding ortho intramolecular Hbond substituents is 1. The molecule has 0 spiro atoms. The van der Waals surface area contributed by atoms with Crippen LogP contribution in [-0.4, -0.2) is 31.3 Å². The summed E-state index contributed by atoms with van der Waals surface area (Å²) in [5.74, 6) is 1.33.